The van der Waals surface area contributed by atoms with Gasteiger partial charge < -0.3 is 5.32 Å². The van der Waals surface area contributed by atoms with Crippen LogP contribution >= 0.6 is 11.3 Å². The molecule has 1 N–H and O–H groups in total. The maximum atomic E-state index is 4.99. The lowest BCUT2D eigenvalue weighted by Crippen LogP contribution is -2.07. The van der Waals surface area contributed by atoms with Crippen LogP contribution in [0.2, 0.25) is 0 Å². The van der Waals surface area contributed by atoms with Crippen LogP contribution in [0.15, 0.2) is 54.6 Å². The van der Waals surface area contributed by atoms with E-state index in [0.29, 0.717) is 0 Å². The molecule has 1 aliphatic rings. The largest absolute Gasteiger partial charge is 0.365 e. The number of thiophene rings is 1. The van der Waals surface area contributed by atoms with Crippen LogP contribution in [0.25, 0.3) is 10.2 Å². The van der Waals surface area contributed by atoms with Crippen molar-refractivity contribution in [2.45, 2.75) is 45.6 Å². The van der Waals surface area contributed by atoms with E-state index >= 15 is 0 Å². The summed E-state index contributed by atoms with van der Waals surface area (Å²) in [5, 5.41) is 4.90. The van der Waals surface area contributed by atoms with Gasteiger partial charge in [-0.05, 0) is 49.3 Å². The lowest BCUT2D eigenvalue weighted by Gasteiger charge is -2.13. The molecule has 0 amide bonds. The minimum Gasteiger partial charge on any atom is -0.365 e. The Morgan fingerprint density at radius 3 is 2.52 bits per heavy atom. The summed E-state index contributed by atoms with van der Waals surface area (Å²) in [5.74, 6) is 1.90. The zero-order valence-corrected chi connectivity index (χ0v) is 17.6. The normalized spacial score (nSPS) is 13.4. The smallest absolute Gasteiger partial charge is 0.139 e. The summed E-state index contributed by atoms with van der Waals surface area (Å²) >= 11 is 1.87. The van der Waals surface area contributed by atoms with E-state index in [9.17, 15) is 0 Å². The fraction of sp³-hybridized carbons (Fsp3) is 0.280. The molecule has 0 spiro atoms. The quantitative estimate of drug-likeness (QED) is 0.442. The van der Waals surface area contributed by atoms with Crippen LogP contribution in [-0.4, -0.2) is 9.97 Å². The van der Waals surface area contributed by atoms with Crippen molar-refractivity contribution in [3.8, 4) is 0 Å². The van der Waals surface area contributed by atoms with Crippen molar-refractivity contribution in [1.29, 1.82) is 0 Å². The highest BCUT2D eigenvalue weighted by molar-refractivity contribution is 7.19. The standard InChI is InChI=1S/C25H25N3S/c1-17-11-13-19(14-12-17)16-26-24-23-20-9-5-6-10-21(20)29-25(23)28-22(27-24)15-18-7-3-2-4-8-18/h2-4,7-8,11-14H,5-6,9-10,15-16H2,1H3,(H,26,27,28). The highest BCUT2D eigenvalue weighted by atomic mass is 32.1. The second-order valence-corrected chi connectivity index (χ2v) is 8.96. The van der Waals surface area contributed by atoms with Gasteiger partial charge in [0.2, 0.25) is 0 Å². The molecule has 0 saturated carbocycles. The first-order chi connectivity index (χ1) is 14.3. The van der Waals surface area contributed by atoms with Crippen LogP contribution in [0.4, 0.5) is 5.82 Å². The predicted octanol–water partition coefficient (Wildman–Crippen LogP) is 6.08. The molecule has 0 aliphatic heterocycles. The van der Waals surface area contributed by atoms with Crippen molar-refractivity contribution >= 4 is 27.4 Å². The fourth-order valence-electron chi connectivity index (χ4n) is 4.08. The Morgan fingerprint density at radius 2 is 1.69 bits per heavy atom. The minimum atomic E-state index is 0.762. The zero-order chi connectivity index (χ0) is 19.6. The maximum absolute atomic E-state index is 4.99. The van der Waals surface area contributed by atoms with E-state index in [1.807, 2.05) is 11.3 Å². The Kier molecular flexibility index (Phi) is 5.03. The van der Waals surface area contributed by atoms with Gasteiger partial charge in [-0.25, -0.2) is 9.97 Å². The van der Waals surface area contributed by atoms with Gasteiger partial charge >= 0.3 is 0 Å². The minimum absolute atomic E-state index is 0.762. The first-order valence-electron chi connectivity index (χ1n) is 10.4. The van der Waals surface area contributed by atoms with Crippen molar-refractivity contribution < 1.29 is 0 Å². The average molecular weight is 400 g/mol. The summed E-state index contributed by atoms with van der Waals surface area (Å²) in [4.78, 5) is 12.6. The average Bonchev–Trinajstić information content (AvgIpc) is 3.12. The van der Waals surface area contributed by atoms with Crippen LogP contribution in [-0.2, 0) is 25.8 Å². The third-order valence-corrected chi connectivity index (χ3v) is 6.83. The van der Waals surface area contributed by atoms with Crippen molar-refractivity contribution in [3.05, 3.63) is 87.6 Å². The number of hydrogen-bond donors (Lipinski definition) is 1. The van der Waals surface area contributed by atoms with E-state index in [0.717, 1.165) is 35.9 Å². The van der Waals surface area contributed by atoms with Gasteiger partial charge in [-0.15, -0.1) is 11.3 Å². The number of nitrogens with zero attached hydrogens (tertiary/aromatic N) is 2. The number of anilines is 1. The Bertz CT molecular complexity index is 1130. The molecule has 0 unspecified atom stereocenters. The van der Waals surface area contributed by atoms with Gasteiger partial charge in [0.15, 0.2) is 0 Å². The van der Waals surface area contributed by atoms with Crippen molar-refractivity contribution in [2.75, 3.05) is 5.32 Å². The molecule has 0 bridgehead atoms. The summed E-state index contributed by atoms with van der Waals surface area (Å²) in [6.07, 6.45) is 5.65. The first kappa shape index (κ1) is 18.3. The van der Waals surface area contributed by atoms with Crippen LogP contribution in [0.3, 0.4) is 0 Å². The molecule has 4 heteroatoms. The first-order valence-corrected chi connectivity index (χ1v) is 11.2. The van der Waals surface area contributed by atoms with E-state index in [1.54, 1.807) is 0 Å². The number of aryl methyl sites for hydroxylation is 3. The lowest BCUT2D eigenvalue weighted by atomic mass is 9.97. The number of fused-ring (bicyclic) bond motifs is 3. The maximum Gasteiger partial charge on any atom is 0.139 e. The molecule has 3 nitrogen and oxygen atoms in total. The summed E-state index contributed by atoms with van der Waals surface area (Å²) in [6.45, 7) is 2.90. The number of hydrogen-bond acceptors (Lipinski definition) is 4. The molecule has 1 aliphatic carbocycles. The Labute approximate surface area is 175 Å². The number of aromatic nitrogens is 2. The van der Waals surface area contributed by atoms with E-state index in [-0.39, 0.29) is 0 Å². The van der Waals surface area contributed by atoms with E-state index in [4.69, 9.17) is 9.97 Å². The monoisotopic (exact) mass is 399 g/mol. The van der Waals surface area contributed by atoms with Gasteiger partial charge in [-0.3, -0.25) is 0 Å². The predicted molar refractivity (Wildman–Crippen MR) is 122 cm³/mol. The van der Waals surface area contributed by atoms with Crippen molar-refractivity contribution in [2.24, 2.45) is 0 Å². The van der Waals surface area contributed by atoms with Gasteiger partial charge in [0, 0.05) is 17.8 Å². The highest BCUT2D eigenvalue weighted by Gasteiger charge is 2.21. The number of rotatable bonds is 5. The van der Waals surface area contributed by atoms with Crippen LogP contribution in [0.5, 0.6) is 0 Å². The van der Waals surface area contributed by atoms with Crippen molar-refractivity contribution in [3.63, 3.8) is 0 Å². The molecule has 2 heterocycles. The van der Waals surface area contributed by atoms with Crippen molar-refractivity contribution in [1.82, 2.24) is 9.97 Å². The van der Waals surface area contributed by atoms with Crippen LogP contribution < -0.4 is 5.32 Å². The summed E-state index contributed by atoms with van der Waals surface area (Å²) in [7, 11) is 0. The molecular weight excluding hydrogens is 374 g/mol. The second-order valence-electron chi connectivity index (χ2n) is 7.88. The second kappa shape index (κ2) is 7.96. The molecule has 2 aromatic heterocycles. The molecule has 146 valence electrons. The molecule has 0 atom stereocenters. The third kappa shape index (κ3) is 3.90. The van der Waals surface area contributed by atoms with Gasteiger partial charge in [0.05, 0.1) is 5.39 Å². The lowest BCUT2D eigenvalue weighted by molar-refractivity contribution is 0.700. The third-order valence-electron chi connectivity index (χ3n) is 5.65. The van der Waals surface area contributed by atoms with E-state index in [1.165, 1.54) is 51.8 Å². The SMILES string of the molecule is Cc1ccc(CNc2nc(Cc3ccccc3)nc3sc4c(c23)CCCC4)cc1. The number of benzene rings is 2. The molecule has 0 fully saturated rings. The van der Waals surface area contributed by atoms with E-state index in [2.05, 4.69) is 66.8 Å². The van der Waals surface area contributed by atoms with Crippen LogP contribution in [0.1, 0.15) is 45.8 Å². The molecule has 0 saturated heterocycles. The molecular formula is C25H25N3S. The van der Waals surface area contributed by atoms with Gasteiger partial charge in [-0.2, -0.15) is 0 Å². The molecule has 5 rings (SSSR count). The van der Waals surface area contributed by atoms with Gasteiger partial charge in [0.1, 0.15) is 16.5 Å². The molecule has 2 aromatic carbocycles. The fourth-order valence-corrected chi connectivity index (χ4v) is 5.36. The Morgan fingerprint density at radius 1 is 0.897 bits per heavy atom. The number of nitrogens with one attached hydrogen (secondary N) is 1. The Hall–Kier alpha value is -2.72. The van der Waals surface area contributed by atoms with Gasteiger partial charge in [-0.1, -0.05) is 60.2 Å². The topological polar surface area (TPSA) is 37.8 Å². The molecule has 4 aromatic rings. The summed E-state index contributed by atoms with van der Waals surface area (Å²) in [5.41, 5.74) is 5.29. The summed E-state index contributed by atoms with van der Waals surface area (Å²) < 4.78 is 0. The van der Waals surface area contributed by atoms with Gasteiger partial charge in [0.25, 0.3) is 0 Å². The molecule has 29 heavy (non-hydrogen) atoms. The van der Waals surface area contributed by atoms with E-state index < -0.39 is 0 Å². The summed E-state index contributed by atoms with van der Waals surface area (Å²) in [6, 6.07) is 19.2. The Balaban J connectivity index is 1.53. The zero-order valence-electron chi connectivity index (χ0n) is 16.7. The molecule has 0 radical (unpaired) electrons. The highest BCUT2D eigenvalue weighted by Crippen LogP contribution is 2.38. The van der Waals surface area contributed by atoms with Crippen LogP contribution in [0, 0.1) is 6.92 Å².